The molecule has 0 spiro atoms. The fourth-order valence-corrected chi connectivity index (χ4v) is 3.54. The van der Waals surface area contributed by atoms with Gasteiger partial charge >= 0.3 is 0 Å². The summed E-state index contributed by atoms with van der Waals surface area (Å²) in [6.45, 7) is 0. The van der Waals surface area contributed by atoms with Gasteiger partial charge in [0.25, 0.3) is 0 Å². The molecule has 3 aromatic carbocycles. The van der Waals surface area contributed by atoms with Crippen LogP contribution in [0.3, 0.4) is 0 Å². The van der Waals surface area contributed by atoms with Crippen LogP contribution in [0.5, 0.6) is 5.75 Å². The van der Waals surface area contributed by atoms with E-state index < -0.39 is 0 Å². The summed E-state index contributed by atoms with van der Waals surface area (Å²) in [6, 6.07) is 28.2. The molecule has 0 amide bonds. The Kier molecular flexibility index (Phi) is 4.99. The third kappa shape index (κ3) is 3.81. The molecule has 2 heterocycles. The predicted molar refractivity (Wildman–Crippen MR) is 124 cm³/mol. The van der Waals surface area contributed by atoms with Gasteiger partial charge < -0.3 is 10.1 Å². The number of rotatable bonds is 5. The lowest BCUT2D eigenvalue weighted by Gasteiger charge is -2.15. The van der Waals surface area contributed by atoms with Crippen LogP contribution in [0.1, 0.15) is 0 Å². The Hall–Kier alpha value is -4.25. The Morgan fingerprint density at radius 3 is 2.39 bits per heavy atom. The average Bonchev–Trinajstić information content (AvgIpc) is 2.85. The quantitative estimate of drug-likeness (QED) is 0.383. The van der Waals surface area contributed by atoms with Gasteiger partial charge in [0.15, 0.2) is 5.82 Å². The third-order valence-electron chi connectivity index (χ3n) is 5.09. The lowest BCUT2D eigenvalue weighted by atomic mass is 10.0. The van der Waals surface area contributed by atoms with Crippen LogP contribution in [0.4, 0.5) is 11.5 Å². The number of anilines is 2. The summed E-state index contributed by atoms with van der Waals surface area (Å²) in [7, 11) is 1.66. The maximum absolute atomic E-state index is 5.44. The van der Waals surface area contributed by atoms with Crippen LogP contribution in [0, 0.1) is 0 Å². The minimum Gasteiger partial charge on any atom is -0.497 e. The Bertz CT molecular complexity index is 1340. The Labute approximate surface area is 180 Å². The number of benzene rings is 3. The Morgan fingerprint density at radius 2 is 1.58 bits per heavy atom. The molecule has 150 valence electrons. The zero-order chi connectivity index (χ0) is 21.0. The molecule has 0 radical (unpaired) electrons. The van der Waals surface area contributed by atoms with Crippen molar-refractivity contribution in [2.24, 2.45) is 0 Å². The molecule has 0 fully saturated rings. The van der Waals surface area contributed by atoms with Crippen LogP contribution >= 0.6 is 0 Å². The van der Waals surface area contributed by atoms with Crippen molar-refractivity contribution in [3.05, 3.63) is 97.3 Å². The molecule has 0 saturated carbocycles. The maximum atomic E-state index is 5.44. The molecule has 0 aliphatic carbocycles. The Balaban J connectivity index is 1.67. The summed E-state index contributed by atoms with van der Waals surface area (Å²) < 4.78 is 5.44. The van der Waals surface area contributed by atoms with Crippen molar-refractivity contribution in [1.29, 1.82) is 0 Å². The van der Waals surface area contributed by atoms with Crippen LogP contribution in [0.2, 0.25) is 0 Å². The Morgan fingerprint density at radius 1 is 0.774 bits per heavy atom. The van der Waals surface area contributed by atoms with E-state index in [1.54, 1.807) is 19.5 Å². The van der Waals surface area contributed by atoms with Crippen LogP contribution in [-0.2, 0) is 0 Å². The molecule has 0 bridgehead atoms. The summed E-state index contributed by atoms with van der Waals surface area (Å²) in [6.07, 6.45) is 3.51. The van der Waals surface area contributed by atoms with Gasteiger partial charge in [-0.25, -0.2) is 9.97 Å². The number of para-hydroxylation sites is 1. The number of aromatic nitrogens is 3. The summed E-state index contributed by atoms with van der Waals surface area (Å²) in [5, 5.41) is 4.43. The van der Waals surface area contributed by atoms with E-state index in [0.717, 1.165) is 39.0 Å². The first kappa shape index (κ1) is 18.8. The summed E-state index contributed by atoms with van der Waals surface area (Å²) in [5.41, 5.74) is 4.89. The molecule has 5 heteroatoms. The molecule has 0 atom stereocenters. The highest BCUT2D eigenvalue weighted by Gasteiger charge is 2.13. The van der Waals surface area contributed by atoms with E-state index in [2.05, 4.69) is 34.6 Å². The SMILES string of the molecule is COc1ccc2nc(-c3cccnc3)nc(Nc3ccccc3-c3ccccc3)c2c1. The number of ether oxygens (including phenoxy) is 1. The van der Waals surface area contributed by atoms with Crippen LogP contribution in [0.25, 0.3) is 33.4 Å². The average molecular weight is 404 g/mol. The molecule has 31 heavy (non-hydrogen) atoms. The van der Waals surface area contributed by atoms with E-state index in [9.17, 15) is 0 Å². The van der Waals surface area contributed by atoms with Crippen LogP contribution in [0.15, 0.2) is 97.3 Å². The van der Waals surface area contributed by atoms with Gasteiger partial charge in [-0.3, -0.25) is 4.98 Å². The van der Waals surface area contributed by atoms with Crippen LogP contribution < -0.4 is 10.1 Å². The standard InChI is InChI=1S/C26H20N4O/c1-31-20-13-14-24-22(16-20)26(30-25(28-24)19-10-7-15-27-17-19)29-23-12-6-5-11-21(23)18-8-3-2-4-9-18/h2-17H,1H3,(H,28,29,30). The zero-order valence-electron chi connectivity index (χ0n) is 17.0. The van der Waals surface area contributed by atoms with E-state index in [0.29, 0.717) is 11.6 Å². The van der Waals surface area contributed by atoms with Gasteiger partial charge in [0.2, 0.25) is 0 Å². The van der Waals surface area contributed by atoms with Crippen molar-refractivity contribution >= 4 is 22.4 Å². The van der Waals surface area contributed by atoms with Crippen molar-refractivity contribution in [1.82, 2.24) is 15.0 Å². The monoisotopic (exact) mass is 404 g/mol. The number of methoxy groups -OCH3 is 1. The van der Waals surface area contributed by atoms with Gasteiger partial charge in [0, 0.05) is 34.6 Å². The number of nitrogens with one attached hydrogen (secondary N) is 1. The molecule has 0 unspecified atom stereocenters. The second-order valence-corrected chi connectivity index (χ2v) is 7.06. The topological polar surface area (TPSA) is 59.9 Å². The summed E-state index contributed by atoms with van der Waals surface area (Å²) in [5.74, 6) is 2.08. The highest BCUT2D eigenvalue weighted by molar-refractivity contribution is 5.95. The van der Waals surface area contributed by atoms with E-state index in [-0.39, 0.29) is 0 Å². The second-order valence-electron chi connectivity index (χ2n) is 7.06. The molecule has 2 aromatic heterocycles. The van der Waals surface area contributed by atoms with Gasteiger partial charge in [0.05, 0.1) is 12.6 Å². The number of hydrogen-bond donors (Lipinski definition) is 1. The molecular formula is C26H20N4O. The fraction of sp³-hybridized carbons (Fsp3) is 0.0385. The lowest BCUT2D eigenvalue weighted by molar-refractivity contribution is 0.415. The third-order valence-corrected chi connectivity index (χ3v) is 5.09. The van der Waals surface area contributed by atoms with Gasteiger partial charge in [0.1, 0.15) is 11.6 Å². The van der Waals surface area contributed by atoms with Crippen molar-refractivity contribution in [2.75, 3.05) is 12.4 Å². The van der Waals surface area contributed by atoms with E-state index in [4.69, 9.17) is 14.7 Å². The molecule has 5 rings (SSSR count). The highest BCUT2D eigenvalue weighted by Crippen LogP contribution is 2.34. The molecule has 0 aliphatic heterocycles. The summed E-state index contributed by atoms with van der Waals surface area (Å²) in [4.78, 5) is 13.8. The first-order chi connectivity index (χ1) is 15.3. The lowest BCUT2D eigenvalue weighted by Crippen LogP contribution is -2.01. The molecule has 0 saturated heterocycles. The largest absolute Gasteiger partial charge is 0.497 e. The molecule has 1 N–H and O–H groups in total. The van der Waals surface area contributed by atoms with E-state index in [1.165, 1.54) is 0 Å². The fourth-order valence-electron chi connectivity index (χ4n) is 3.54. The first-order valence-corrected chi connectivity index (χ1v) is 9.99. The smallest absolute Gasteiger partial charge is 0.163 e. The summed E-state index contributed by atoms with van der Waals surface area (Å²) >= 11 is 0. The van der Waals surface area contributed by atoms with E-state index >= 15 is 0 Å². The number of fused-ring (bicyclic) bond motifs is 1. The predicted octanol–water partition coefficient (Wildman–Crippen LogP) is 6.11. The van der Waals surface area contributed by atoms with E-state index in [1.807, 2.05) is 60.7 Å². The minimum absolute atomic E-state index is 0.616. The minimum atomic E-state index is 0.616. The second kappa shape index (κ2) is 8.24. The van der Waals surface area contributed by atoms with Crippen molar-refractivity contribution in [3.8, 4) is 28.3 Å². The van der Waals surface area contributed by atoms with Gasteiger partial charge in [-0.15, -0.1) is 0 Å². The number of nitrogens with zero attached hydrogens (tertiary/aromatic N) is 3. The number of pyridine rings is 1. The van der Waals surface area contributed by atoms with Gasteiger partial charge in [-0.05, 0) is 42.0 Å². The molecular weight excluding hydrogens is 384 g/mol. The normalized spacial score (nSPS) is 10.7. The van der Waals surface area contributed by atoms with Crippen LogP contribution in [-0.4, -0.2) is 22.1 Å². The first-order valence-electron chi connectivity index (χ1n) is 9.99. The molecule has 0 aliphatic rings. The zero-order valence-corrected chi connectivity index (χ0v) is 17.0. The maximum Gasteiger partial charge on any atom is 0.163 e. The molecule has 5 aromatic rings. The highest BCUT2D eigenvalue weighted by atomic mass is 16.5. The van der Waals surface area contributed by atoms with Gasteiger partial charge in [-0.1, -0.05) is 48.5 Å². The number of hydrogen-bond acceptors (Lipinski definition) is 5. The van der Waals surface area contributed by atoms with Crippen molar-refractivity contribution in [2.45, 2.75) is 0 Å². The van der Waals surface area contributed by atoms with Gasteiger partial charge in [-0.2, -0.15) is 0 Å². The molecule has 5 nitrogen and oxygen atoms in total. The van der Waals surface area contributed by atoms with Crippen molar-refractivity contribution in [3.63, 3.8) is 0 Å². The van der Waals surface area contributed by atoms with Crippen molar-refractivity contribution < 1.29 is 4.74 Å².